The van der Waals surface area contributed by atoms with Gasteiger partial charge in [-0.05, 0) is 49.6 Å². The van der Waals surface area contributed by atoms with Gasteiger partial charge in [0.2, 0.25) is 5.78 Å². The molecule has 164 valence electrons. The van der Waals surface area contributed by atoms with Crippen molar-refractivity contribution in [1.82, 2.24) is 14.9 Å². The number of benzene rings is 2. The number of piperidine rings is 1. The second kappa shape index (κ2) is 9.18. The van der Waals surface area contributed by atoms with Crippen LogP contribution in [0.1, 0.15) is 45.7 Å². The maximum Gasteiger partial charge on any atom is 0.323 e. The second-order valence-electron chi connectivity index (χ2n) is 7.94. The second-order valence-corrected chi connectivity index (χ2v) is 7.94. The van der Waals surface area contributed by atoms with Gasteiger partial charge in [-0.15, -0.1) is 12.4 Å². The number of carbonyl (C=O) groups excluding carboxylic acids is 1. The maximum atomic E-state index is 13.1. The van der Waals surface area contributed by atoms with Gasteiger partial charge in [-0.25, -0.2) is 9.18 Å². The van der Waals surface area contributed by atoms with Crippen LogP contribution in [0.15, 0.2) is 53.3 Å². The summed E-state index contributed by atoms with van der Waals surface area (Å²) in [4.78, 5) is 32.0. The van der Waals surface area contributed by atoms with Crippen LogP contribution in [0.25, 0.3) is 0 Å². The standard InChI is InChI=1S/C23H24FN3O3.ClH/c1-15-2-6-17(7-3-15)23(30)10-12-27(13-11-23)14-19-20(26-22(29)25-19)21(28)16-4-8-18(24)9-5-16;/h2-9,30H,10-14H2,1H3,(H2,25,26,29);1H. The number of aliphatic hydroxyl groups is 1. The van der Waals surface area contributed by atoms with Crippen LogP contribution in [0.4, 0.5) is 4.39 Å². The molecule has 3 N–H and O–H groups in total. The summed E-state index contributed by atoms with van der Waals surface area (Å²) in [5.41, 5.74) is 1.72. The number of nitrogens with zero attached hydrogens (tertiary/aromatic N) is 1. The molecule has 4 rings (SSSR count). The largest absolute Gasteiger partial charge is 0.385 e. The Bertz CT molecular complexity index is 1100. The van der Waals surface area contributed by atoms with Gasteiger partial charge in [0.1, 0.15) is 11.5 Å². The molecule has 6 nitrogen and oxygen atoms in total. The molecule has 1 aliphatic rings. The summed E-state index contributed by atoms with van der Waals surface area (Å²) in [6, 6.07) is 13.2. The van der Waals surface area contributed by atoms with E-state index >= 15 is 0 Å². The summed E-state index contributed by atoms with van der Waals surface area (Å²) >= 11 is 0. The highest BCUT2D eigenvalue weighted by Gasteiger charge is 2.34. The van der Waals surface area contributed by atoms with Crippen molar-refractivity contribution >= 4 is 18.2 Å². The van der Waals surface area contributed by atoms with Gasteiger partial charge in [0, 0.05) is 25.2 Å². The summed E-state index contributed by atoms with van der Waals surface area (Å²) in [6.45, 7) is 3.65. The highest BCUT2D eigenvalue weighted by atomic mass is 35.5. The lowest BCUT2D eigenvalue weighted by Gasteiger charge is -2.38. The van der Waals surface area contributed by atoms with E-state index in [1.54, 1.807) is 0 Å². The lowest BCUT2D eigenvalue weighted by molar-refractivity contribution is -0.0280. The topological polar surface area (TPSA) is 89.2 Å². The van der Waals surface area contributed by atoms with Gasteiger partial charge in [-0.3, -0.25) is 9.69 Å². The van der Waals surface area contributed by atoms with Crippen molar-refractivity contribution in [1.29, 1.82) is 0 Å². The number of carbonyl (C=O) groups is 1. The van der Waals surface area contributed by atoms with E-state index in [-0.39, 0.29) is 23.9 Å². The molecule has 1 aromatic heterocycles. The van der Waals surface area contributed by atoms with Gasteiger partial charge in [0.15, 0.2) is 0 Å². The SMILES string of the molecule is Cc1ccc(C2(O)CCN(Cc3[nH]c(=O)[nH]c3C(=O)c3ccc(F)cc3)CC2)cc1.Cl. The minimum absolute atomic E-state index is 0. The smallest absolute Gasteiger partial charge is 0.323 e. The van der Waals surface area contributed by atoms with Crippen LogP contribution in [0.5, 0.6) is 0 Å². The van der Waals surface area contributed by atoms with Crippen LogP contribution in [0.2, 0.25) is 0 Å². The number of halogens is 2. The lowest BCUT2D eigenvalue weighted by atomic mass is 9.84. The average molecular weight is 446 g/mol. The first kappa shape index (κ1) is 22.9. The molecule has 1 aliphatic heterocycles. The molecule has 0 atom stereocenters. The Labute approximate surface area is 185 Å². The summed E-state index contributed by atoms with van der Waals surface area (Å²) in [7, 11) is 0. The molecule has 0 bridgehead atoms. The van der Waals surface area contributed by atoms with Gasteiger partial charge in [0.25, 0.3) is 0 Å². The first-order valence-corrected chi connectivity index (χ1v) is 9.97. The van der Waals surface area contributed by atoms with E-state index in [9.17, 15) is 19.1 Å². The molecule has 2 aromatic carbocycles. The van der Waals surface area contributed by atoms with Crippen molar-refractivity contribution in [3.05, 3.63) is 92.9 Å². The van der Waals surface area contributed by atoms with E-state index in [4.69, 9.17) is 0 Å². The summed E-state index contributed by atoms with van der Waals surface area (Å²) in [5.74, 6) is -0.791. The zero-order valence-electron chi connectivity index (χ0n) is 17.2. The van der Waals surface area contributed by atoms with Gasteiger partial charge in [0.05, 0.1) is 11.3 Å². The Balaban J connectivity index is 0.00000272. The number of rotatable bonds is 5. The number of ketones is 1. The maximum absolute atomic E-state index is 13.1. The predicted molar refractivity (Wildman–Crippen MR) is 118 cm³/mol. The van der Waals surface area contributed by atoms with Crippen LogP contribution in [-0.2, 0) is 12.1 Å². The lowest BCUT2D eigenvalue weighted by Crippen LogP contribution is -2.42. The number of aromatic amines is 2. The number of hydrogen-bond acceptors (Lipinski definition) is 4. The van der Waals surface area contributed by atoms with E-state index in [1.165, 1.54) is 24.3 Å². The monoisotopic (exact) mass is 445 g/mol. The van der Waals surface area contributed by atoms with Crippen LogP contribution >= 0.6 is 12.4 Å². The fourth-order valence-electron chi connectivity index (χ4n) is 3.93. The third-order valence-electron chi connectivity index (χ3n) is 5.79. The molecule has 1 fully saturated rings. The molecule has 0 saturated carbocycles. The zero-order chi connectivity index (χ0) is 21.3. The van der Waals surface area contributed by atoms with Gasteiger partial charge in [-0.1, -0.05) is 29.8 Å². The van der Waals surface area contributed by atoms with Crippen molar-refractivity contribution in [3.8, 4) is 0 Å². The minimum atomic E-state index is -0.873. The Hall–Kier alpha value is -2.74. The van der Waals surface area contributed by atoms with E-state index in [2.05, 4.69) is 14.9 Å². The highest BCUT2D eigenvalue weighted by molar-refractivity contribution is 6.08. The van der Waals surface area contributed by atoms with Gasteiger partial charge in [-0.2, -0.15) is 0 Å². The number of H-pyrrole nitrogens is 2. The molecule has 0 aliphatic carbocycles. The Morgan fingerprint density at radius 2 is 1.68 bits per heavy atom. The zero-order valence-corrected chi connectivity index (χ0v) is 18.0. The molecule has 3 aromatic rings. The van der Waals surface area contributed by atoms with Crippen LogP contribution in [0.3, 0.4) is 0 Å². The van der Waals surface area contributed by atoms with E-state index in [0.29, 0.717) is 43.7 Å². The van der Waals surface area contributed by atoms with Gasteiger partial charge >= 0.3 is 5.69 Å². The number of nitrogens with one attached hydrogen (secondary N) is 2. The third kappa shape index (κ3) is 4.95. The third-order valence-corrected chi connectivity index (χ3v) is 5.79. The fraction of sp³-hybridized carbons (Fsp3) is 0.304. The molecule has 1 saturated heterocycles. The minimum Gasteiger partial charge on any atom is -0.385 e. The summed E-state index contributed by atoms with van der Waals surface area (Å²) in [6.07, 6.45) is 1.12. The molecule has 0 spiro atoms. The first-order valence-electron chi connectivity index (χ1n) is 9.97. The molecule has 0 radical (unpaired) electrons. The van der Waals surface area contributed by atoms with E-state index in [0.717, 1.165) is 11.1 Å². The van der Waals surface area contributed by atoms with E-state index in [1.807, 2.05) is 31.2 Å². The average Bonchev–Trinajstić information content (AvgIpc) is 3.10. The molecule has 0 unspecified atom stereocenters. The molecule has 0 amide bonds. The van der Waals surface area contributed by atoms with Crippen LogP contribution in [0, 0.1) is 12.7 Å². The molecule has 31 heavy (non-hydrogen) atoms. The van der Waals surface area contributed by atoms with Crippen molar-refractivity contribution in [2.24, 2.45) is 0 Å². The van der Waals surface area contributed by atoms with E-state index < -0.39 is 17.1 Å². The van der Waals surface area contributed by atoms with Crippen LogP contribution < -0.4 is 5.69 Å². The van der Waals surface area contributed by atoms with Crippen molar-refractivity contribution in [2.75, 3.05) is 13.1 Å². The predicted octanol–water partition coefficient (Wildman–Crippen LogP) is 3.29. The molecule has 8 heteroatoms. The molecule has 2 heterocycles. The van der Waals surface area contributed by atoms with Crippen molar-refractivity contribution in [2.45, 2.75) is 31.9 Å². The number of imidazole rings is 1. The van der Waals surface area contributed by atoms with Gasteiger partial charge < -0.3 is 15.1 Å². The normalized spacial score (nSPS) is 16.0. The Kier molecular flexibility index (Phi) is 6.79. The number of aromatic nitrogens is 2. The molecular formula is C23H25ClFN3O3. The van der Waals surface area contributed by atoms with Crippen molar-refractivity contribution < 1.29 is 14.3 Å². The van der Waals surface area contributed by atoms with Crippen LogP contribution in [-0.4, -0.2) is 38.8 Å². The quantitative estimate of drug-likeness (QED) is 0.526. The Morgan fingerprint density at radius 3 is 2.29 bits per heavy atom. The number of aryl methyl sites for hydroxylation is 1. The first-order chi connectivity index (χ1) is 14.3. The highest BCUT2D eigenvalue weighted by Crippen LogP contribution is 2.33. The fourth-order valence-corrected chi connectivity index (χ4v) is 3.93. The Morgan fingerprint density at radius 1 is 1.06 bits per heavy atom. The molecular weight excluding hydrogens is 421 g/mol. The number of hydrogen-bond donors (Lipinski definition) is 3. The van der Waals surface area contributed by atoms with Crippen molar-refractivity contribution in [3.63, 3.8) is 0 Å². The number of likely N-dealkylation sites (tertiary alicyclic amines) is 1. The summed E-state index contributed by atoms with van der Waals surface area (Å²) in [5, 5.41) is 11.1. The summed E-state index contributed by atoms with van der Waals surface area (Å²) < 4.78 is 13.1.